The Morgan fingerprint density at radius 3 is 2.60 bits per heavy atom. The minimum atomic E-state index is 0.0423. The van der Waals surface area contributed by atoms with Crippen molar-refractivity contribution in [2.45, 2.75) is 38.5 Å². The van der Waals surface area contributed by atoms with Gasteiger partial charge in [0, 0.05) is 23.0 Å². The van der Waals surface area contributed by atoms with Gasteiger partial charge in [0.05, 0.1) is 11.4 Å². The molecule has 0 spiro atoms. The molecular formula is C23H24ClN3OS2. The summed E-state index contributed by atoms with van der Waals surface area (Å²) in [6, 6.07) is 13.9. The molecule has 4 nitrogen and oxygen atoms in total. The lowest BCUT2D eigenvalue weighted by Gasteiger charge is -2.19. The molecule has 2 aliphatic rings. The molecule has 1 amide bonds. The third-order valence-electron chi connectivity index (χ3n) is 5.10. The van der Waals surface area contributed by atoms with Crippen molar-refractivity contribution in [1.29, 1.82) is 0 Å². The van der Waals surface area contributed by atoms with Crippen LogP contribution >= 0.6 is 35.1 Å². The summed E-state index contributed by atoms with van der Waals surface area (Å²) in [6.45, 7) is 7.73. The number of rotatable bonds is 5. The molecule has 0 bridgehead atoms. The number of halogens is 1. The van der Waals surface area contributed by atoms with Gasteiger partial charge in [0.15, 0.2) is 5.17 Å². The molecule has 30 heavy (non-hydrogen) atoms. The van der Waals surface area contributed by atoms with Gasteiger partial charge < -0.3 is 4.90 Å². The number of anilines is 1. The van der Waals surface area contributed by atoms with Crippen LogP contribution in [0.25, 0.3) is 0 Å². The summed E-state index contributed by atoms with van der Waals surface area (Å²) in [7, 11) is 0. The average Bonchev–Trinajstić information content (AvgIpc) is 3.24. The number of amides is 1. The minimum absolute atomic E-state index is 0.0423. The van der Waals surface area contributed by atoms with Crippen LogP contribution in [0.3, 0.4) is 0 Å². The van der Waals surface area contributed by atoms with Gasteiger partial charge in [-0.05, 0) is 61.9 Å². The summed E-state index contributed by atoms with van der Waals surface area (Å²) in [5.74, 6) is 0.0423. The summed E-state index contributed by atoms with van der Waals surface area (Å²) in [4.78, 5) is 24.2. The van der Waals surface area contributed by atoms with Crippen LogP contribution in [0.15, 0.2) is 62.3 Å². The highest BCUT2D eigenvalue weighted by molar-refractivity contribution is 8.19. The summed E-state index contributed by atoms with van der Waals surface area (Å²) in [5.41, 5.74) is 3.07. The fourth-order valence-electron chi connectivity index (χ4n) is 3.46. The number of unbranched alkanes of at least 4 members (excludes halogenated alkanes) is 1. The lowest BCUT2D eigenvalue weighted by Crippen LogP contribution is -2.30. The zero-order chi connectivity index (χ0) is 21.3. The van der Waals surface area contributed by atoms with Crippen molar-refractivity contribution in [3.8, 4) is 0 Å². The Morgan fingerprint density at radius 1 is 1.07 bits per heavy atom. The summed E-state index contributed by atoms with van der Waals surface area (Å²) >= 11 is 9.36. The lowest BCUT2D eigenvalue weighted by atomic mass is 10.2. The van der Waals surface area contributed by atoms with Gasteiger partial charge in [-0.15, -0.1) is 0 Å². The molecule has 0 saturated carbocycles. The Morgan fingerprint density at radius 2 is 1.87 bits per heavy atom. The van der Waals surface area contributed by atoms with Crippen LogP contribution < -0.4 is 4.90 Å². The van der Waals surface area contributed by atoms with Crippen molar-refractivity contribution >= 4 is 57.6 Å². The predicted octanol–water partition coefficient (Wildman–Crippen LogP) is 6.81. The molecule has 7 heteroatoms. The van der Waals surface area contributed by atoms with E-state index in [0.717, 1.165) is 56.3 Å². The molecule has 2 aromatic rings. The molecule has 0 radical (unpaired) electrons. The lowest BCUT2D eigenvalue weighted by molar-refractivity contribution is -0.122. The van der Waals surface area contributed by atoms with E-state index < -0.39 is 0 Å². The molecule has 2 aromatic carbocycles. The maximum Gasteiger partial charge on any atom is 0.269 e. The average molecular weight is 458 g/mol. The molecule has 156 valence electrons. The first kappa shape index (κ1) is 21.3. The number of aliphatic imine (C=N–C) groups is 1. The molecule has 0 aromatic heterocycles. The highest BCUT2D eigenvalue weighted by Gasteiger charge is 2.39. The Balaban J connectivity index is 1.76. The Bertz CT molecular complexity index is 1050. The quantitative estimate of drug-likeness (QED) is 0.462. The number of fused-ring (bicyclic) bond motifs is 1. The SMILES string of the molecule is CCCCN1C(=O)/C(=C2/Sc3ccc(Cl)cc3N2CC)SC1=Nc1ccccc1C. The topological polar surface area (TPSA) is 35.9 Å². The van der Waals surface area contributed by atoms with Crippen molar-refractivity contribution < 1.29 is 4.79 Å². The van der Waals surface area contributed by atoms with Gasteiger partial charge in [-0.3, -0.25) is 9.69 Å². The number of carbonyl (C=O) groups is 1. The van der Waals surface area contributed by atoms with Crippen LogP contribution in [-0.2, 0) is 4.79 Å². The van der Waals surface area contributed by atoms with E-state index >= 15 is 0 Å². The van der Waals surface area contributed by atoms with E-state index in [4.69, 9.17) is 16.6 Å². The monoisotopic (exact) mass is 457 g/mol. The molecule has 4 rings (SSSR count). The van der Waals surface area contributed by atoms with E-state index in [0.29, 0.717) is 11.6 Å². The van der Waals surface area contributed by atoms with E-state index in [1.807, 2.05) is 54.3 Å². The van der Waals surface area contributed by atoms with Crippen LogP contribution in [0.1, 0.15) is 32.3 Å². The summed E-state index contributed by atoms with van der Waals surface area (Å²) in [6.07, 6.45) is 1.97. The number of aryl methyl sites for hydroxylation is 1. The molecule has 0 N–H and O–H groups in total. The van der Waals surface area contributed by atoms with Gasteiger partial charge in [0.25, 0.3) is 5.91 Å². The number of carbonyl (C=O) groups excluding carboxylic acids is 1. The Labute approximate surface area is 191 Å². The molecule has 1 saturated heterocycles. The first-order valence-corrected chi connectivity index (χ1v) is 12.2. The first-order chi connectivity index (χ1) is 14.5. The van der Waals surface area contributed by atoms with Gasteiger partial charge in [0.2, 0.25) is 0 Å². The maximum atomic E-state index is 13.5. The molecule has 1 fully saturated rings. The fraction of sp³-hybridized carbons (Fsp3) is 0.304. The molecule has 2 heterocycles. The molecule has 2 aliphatic heterocycles. The van der Waals surface area contributed by atoms with Gasteiger partial charge in [0.1, 0.15) is 9.93 Å². The van der Waals surface area contributed by atoms with Gasteiger partial charge in [-0.2, -0.15) is 0 Å². The zero-order valence-corrected chi connectivity index (χ0v) is 19.7. The Kier molecular flexibility index (Phi) is 6.46. The summed E-state index contributed by atoms with van der Waals surface area (Å²) in [5, 5.41) is 2.44. The van der Waals surface area contributed by atoms with Crippen molar-refractivity contribution in [3.05, 3.63) is 63.0 Å². The van der Waals surface area contributed by atoms with Gasteiger partial charge >= 0.3 is 0 Å². The van der Waals surface area contributed by atoms with Crippen LogP contribution in [-0.4, -0.2) is 29.1 Å². The van der Waals surface area contributed by atoms with Crippen LogP contribution in [0.4, 0.5) is 11.4 Å². The highest BCUT2D eigenvalue weighted by Crippen LogP contribution is 2.51. The standard InChI is InChI=1S/C23H24ClN3OS2/c1-4-6-13-27-21(28)20(30-23(27)25-17-10-8-7-9-15(17)3)22-26(5-2)18-14-16(24)11-12-19(18)29-22/h7-12,14H,4-6,13H2,1-3H3/b22-20-,25-23?. The minimum Gasteiger partial charge on any atom is -0.334 e. The van der Waals surface area contributed by atoms with E-state index in [2.05, 4.69) is 18.7 Å². The zero-order valence-electron chi connectivity index (χ0n) is 17.3. The fourth-order valence-corrected chi connectivity index (χ4v) is 6.02. The van der Waals surface area contributed by atoms with E-state index in [-0.39, 0.29) is 5.91 Å². The van der Waals surface area contributed by atoms with Crippen molar-refractivity contribution in [2.24, 2.45) is 4.99 Å². The number of thioether (sulfide) groups is 2. The van der Waals surface area contributed by atoms with Crippen molar-refractivity contribution in [3.63, 3.8) is 0 Å². The third-order valence-corrected chi connectivity index (χ3v) is 7.72. The van der Waals surface area contributed by atoms with Gasteiger partial charge in [-0.1, -0.05) is 54.9 Å². The van der Waals surface area contributed by atoms with Gasteiger partial charge in [-0.25, -0.2) is 4.99 Å². The molecule has 0 aliphatic carbocycles. The number of nitrogens with zero attached hydrogens (tertiary/aromatic N) is 3. The first-order valence-electron chi connectivity index (χ1n) is 10.2. The number of benzene rings is 2. The number of para-hydroxylation sites is 1. The molecule has 0 unspecified atom stereocenters. The number of hydrogen-bond donors (Lipinski definition) is 0. The molecule has 0 atom stereocenters. The number of amidine groups is 1. The second-order valence-electron chi connectivity index (χ2n) is 7.19. The predicted molar refractivity (Wildman–Crippen MR) is 130 cm³/mol. The second-order valence-corrected chi connectivity index (χ2v) is 9.63. The largest absolute Gasteiger partial charge is 0.334 e. The smallest absolute Gasteiger partial charge is 0.269 e. The van der Waals surface area contributed by atoms with E-state index in [9.17, 15) is 4.79 Å². The van der Waals surface area contributed by atoms with Crippen molar-refractivity contribution in [2.75, 3.05) is 18.0 Å². The summed E-state index contributed by atoms with van der Waals surface area (Å²) < 4.78 is 0. The Hall–Kier alpha value is -1.89. The normalized spacial score (nSPS) is 19.9. The van der Waals surface area contributed by atoms with Crippen LogP contribution in [0.5, 0.6) is 0 Å². The third kappa shape index (κ3) is 4.01. The maximum absolute atomic E-state index is 13.5. The second kappa shape index (κ2) is 9.08. The van der Waals surface area contributed by atoms with Crippen molar-refractivity contribution in [1.82, 2.24) is 4.90 Å². The number of hydrogen-bond acceptors (Lipinski definition) is 5. The van der Waals surface area contributed by atoms with Crippen LogP contribution in [0, 0.1) is 6.92 Å². The van der Waals surface area contributed by atoms with E-state index in [1.165, 1.54) is 11.8 Å². The van der Waals surface area contributed by atoms with E-state index in [1.54, 1.807) is 11.8 Å². The van der Waals surface area contributed by atoms with Crippen LogP contribution in [0.2, 0.25) is 5.02 Å². The highest BCUT2D eigenvalue weighted by atomic mass is 35.5. The molecular weight excluding hydrogens is 434 g/mol.